The Morgan fingerprint density at radius 3 is 2.36 bits per heavy atom. The van der Waals surface area contributed by atoms with Crippen LogP contribution in [0.25, 0.3) is 0 Å². The van der Waals surface area contributed by atoms with Gasteiger partial charge in [0.1, 0.15) is 0 Å². The van der Waals surface area contributed by atoms with Crippen molar-refractivity contribution in [1.82, 2.24) is 14.7 Å². The standard InChI is InChI=1S/C18H27N3O/c1-20(12-16-3-4-21(2)19-16)17(22)11-18-8-13-5-14(9-18)7-15(6-13)10-18/h3-4,13-15H,5-12H2,1-2H3. The summed E-state index contributed by atoms with van der Waals surface area (Å²) >= 11 is 0. The molecule has 0 aromatic carbocycles. The van der Waals surface area contributed by atoms with E-state index in [2.05, 4.69) is 5.10 Å². The first-order valence-corrected chi connectivity index (χ1v) is 8.74. The van der Waals surface area contributed by atoms with Gasteiger partial charge >= 0.3 is 0 Å². The lowest BCUT2D eigenvalue weighted by molar-refractivity contribution is -0.138. The van der Waals surface area contributed by atoms with Crippen LogP contribution in [0, 0.1) is 23.2 Å². The van der Waals surface area contributed by atoms with Crippen LogP contribution in [0.5, 0.6) is 0 Å². The second-order valence-corrected chi connectivity index (χ2v) is 8.32. The molecule has 4 heteroatoms. The molecule has 0 spiro atoms. The number of hydrogen-bond donors (Lipinski definition) is 0. The van der Waals surface area contributed by atoms with Gasteiger partial charge in [-0.3, -0.25) is 9.48 Å². The average Bonchev–Trinajstić information content (AvgIpc) is 2.81. The monoisotopic (exact) mass is 301 g/mol. The van der Waals surface area contributed by atoms with Gasteiger partial charge in [0.2, 0.25) is 5.91 Å². The van der Waals surface area contributed by atoms with E-state index in [1.807, 2.05) is 31.3 Å². The van der Waals surface area contributed by atoms with Crippen molar-refractivity contribution in [2.45, 2.75) is 51.5 Å². The Morgan fingerprint density at radius 2 is 1.86 bits per heavy atom. The Morgan fingerprint density at radius 1 is 1.27 bits per heavy atom. The van der Waals surface area contributed by atoms with Crippen molar-refractivity contribution in [3.05, 3.63) is 18.0 Å². The zero-order valence-electron chi connectivity index (χ0n) is 13.8. The molecule has 4 nitrogen and oxygen atoms in total. The predicted molar refractivity (Wildman–Crippen MR) is 84.9 cm³/mol. The second kappa shape index (κ2) is 5.10. The van der Waals surface area contributed by atoms with Crippen molar-refractivity contribution in [2.24, 2.45) is 30.2 Å². The molecule has 4 saturated carbocycles. The number of rotatable bonds is 4. The van der Waals surface area contributed by atoms with Crippen LogP contribution < -0.4 is 0 Å². The quantitative estimate of drug-likeness (QED) is 0.857. The summed E-state index contributed by atoms with van der Waals surface area (Å²) in [5, 5.41) is 4.38. The molecule has 0 atom stereocenters. The van der Waals surface area contributed by atoms with Gasteiger partial charge in [-0.25, -0.2) is 0 Å². The largest absolute Gasteiger partial charge is 0.340 e. The van der Waals surface area contributed by atoms with E-state index >= 15 is 0 Å². The second-order valence-electron chi connectivity index (χ2n) is 8.32. The van der Waals surface area contributed by atoms with E-state index in [4.69, 9.17) is 0 Å². The number of aryl methyl sites for hydroxylation is 1. The van der Waals surface area contributed by atoms with Crippen LogP contribution in [0.15, 0.2) is 12.3 Å². The molecule has 0 unspecified atom stereocenters. The van der Waals surface area contributed by atoms with E-state index in [0.29, 0.717) is 17.9 Å². The van der Waals surface area contributed by atoms with E-state index in [0.717, 1.165) is 29.9 Å². The van der Waals surface area contributed by atoms with E-state index in [-0.39, 0.29) is 0 Å². The molecule has 22 heavy (non-hydrogen) atoms. The van der Waals surface area contributed by atoms with Crippen molar-refractivity contribution >= 4 is 5.91 Å². The number of carbonyl (C=O) groups is 1. The smallest absolute Gasteiger partial charge is 0.223 e. The maximum Gasteiger partial charge on any atom is 0.223 e. The first-order chi connectivity index (χ1) is 10.5. The summed E-state index contributed by atoms with van der Waals surface area (Å²) < 4.78 is 1.80. The molecule has 0 aliphatic heterocycles. The van der Waals surface area contributed by atoms with Gasteiger partial charge < -0.3 is 4.90 Å². The van der Waals surface area contributed by atoms with Crippen molar-refractivity contribution < 1.29 is 4.79 Å². The normalized spacial score (nSPS) is 35.8. The maximum atomic E-state index is 12.7. The van der Waals surface area contributed by atoms with Crippen molar-refractivity contribution in [2.75, 3.05) is 7.05 Å². The summed E-state index contributed by atoms with van der Waals surface area (Å²) in [4.78, 5) is 14.6. The topological polar surface area (TPSA) is 38.1 Å². The summed E-state index contributed by atoms with van der Waals surface area (Å²) in [5.41, 5.74) is 1.31. The zero-order chi connectivity index (χ0) is 15.3. The molecule has 0 N–H and O–H groups in total. The summed E-state index contributed by atoms with van der Waals surface area (Å²) in [6.45, 7) is 0.631. The van der Waals surface area contributed by atoms with Crippen molar-refractivity contribution in [3.8, 4) is 0 Å². The minimum absolute atomic E-state index is 0.313. The lowest BCUT2D eigenvalue weighted by Crippen LogP contribution is -2.48. The highest BCUT2D eigenvalue weighted by Crippen LogP contribution is 2.61. The summed E-state index contributed by atoms with van der Waals surface area (Å²) in [6, 6.07) is 1.99. The molecule has 1 heterocycles. The Labute approximate surface area is 132 Å². The molecule has 4 aliphatic carbocycles. The summed E-state index contributed by atoms with van der Waals surface area (Å²) in [5.74, 6) is 3.06. The van der Waals surface area contributed by atoms with Gasteiger partial charge in [0.05, 0.1) is 12.2 Å². The lowest BCUT2D eigenvalue weighted by Gasteiger charge is -2.56. The molecular formula is C18H27N3O. The van der Waals surface area contributed by atoms with E-state index in [1.54, 1.807) is 4.68 Å². The number of hydrogen-bond acceptors (Lipinski definition) is 2. The van der Waals surface area contributed by atoms with Gasteiger partial charge in [-0.05, 0) is 67.8 Å². The molecular weight excluding hydrogens is 274 g/mol. The van der Waals surface area contributed by atoms with Gasteiger partial charge in [-0.2, -0.15) is 5.10 Å². The van der Waals surface area contributed by atoms with Crippen LogP contribution in [0.4, 0.5) is 0 Å². The number of aromatic nitrogens is 2. The Bertz CT molecular complexity index is 541. The molecule has 0 radical (unpaired) electrons. The molecule has 120 valence electrons. The number of carbonyl (C=O) groups excluding carboxylic acids is 1. The first kappa shape index (κ1) is 14.3. The molecule has 1 aromatic rings. The third-order valence-corrected chi connectivity index (χ3v) is 6.29. The highest BCUT2D eigenvalue weighted by atomic mass is 16.2. The molecule has 0 saturated heterocycles. The van der Waals surface area contributed by atoms with E-state index in [9.17, 15) is 4.79 Å². The summed E-state index contributed by atoms with van der Waals surface area (Å²) in [7, 11) is 3.85. The number of amides is 1. The molecule has 5 rings (SSSR count). The molecule has 1 aromatic heterocycles. The molecule has 4 bridgehead atoms. The van der Waals surface area contributed by atoms with Gasteiger partial charge in [-0.1, -0.05) is 0 Å². The fourth-order valence-electron chi connectivity index (χ4n) is 5.84. The van der Waals surface area contributed by atoms with Crippen molar-refractivity contribution in [3.63, 3.8) is 0 Å². The van der Waals surface area contributed by atoms with Gasteiger partial charge in [0, 0.05) is 26.7 Å². The SMILES string of the molecule is CN(Cc1ccn(C)n1)C(=O)CC12CC3CC(CC(C3)C1)C2. The first-order valence-electron chi connectivity index (χ1n) is 8.74. The van der Waals surface area contributed by atoms with E-state index < -0.39 is 0 Å². The minimum Gasteiger partial charge on any atom is -0.340 e. The van der Waals surface area contributed by atoms with Crippen LogP contribution in [0.2, 0.25) is 0 Å². The van der Waals surface area contributed by atoms with Gasteiger partial charge in [0.15, 0.2) is 0 Å². The van der Waals surface area contributed by atoms with Gasteiger partial charge in [0.25, 0.3) is 0 Å². The fourth-order valence-corrected chi connectivity index (χ4v) is 5.84. The Hall–Kier alpha value is -1.32. The van der Waals surface area contributed by atoms with Crippen molar-refractivity contribution in [1.29, 1.82) is 0 Å². The van der Waals surface area contributed by atoms with Crippen LogP contribution in [-0.2, 0) is 18.4 Å². The van der Waals surface area contributed by atoms with Crippen LogP contribution in [0.1, 0.15) is 50.6 Å². The third-order valence-electron chi connectivity index (χ3n) is 6.29. The average molecular weight is 301 g/mol. The summed E-state index contributed by atoms with van der Waals surface area (Å²) in [6.07, 6.45) is 10.9. The number of nitrogens with zero attached hydrogens (tertiary/aromatic N) is 3. The van der Waals surface area contributed by atoms with Crippen LogP contribution >= 0.6 is 0 Å². The van der Waals surface area contributed by atoms with Gasteiger partial charge in [-0.15, -0.1) is 0 Å². The lowest BCUT2D eigenvalue weighted by atomic mass is 9.49. The van der Waals surface area contributed by atoms with E-state index in [1.165, 1.54) is 38.5 Å². The predicted octanol–water partition coefficient (Wildman–Crippen LogP) is 2.99. The fraction of sp³-hybridized carbons (Fsp3) is 0.778. The minimum atomic E-state index is 0.313. The Balaban J connectivity index is 1.41. The molecule has 4 aliphatic rings. The van der Waals surface area contributed by atoms with Crippen LogP contribution in [0.3, 0.4) is 0 Å². The highest BCUT2D eigenvalue weighted by molar-refractivity contribution is 5.76. The molecule has 1 amide bonds. The maximum absolute atomic E-state index is 12.7. The molecule has 4 fully saturated rings. The zero-order valence-corrected chi connectivity index (χ0v) is 13.8. The highest BCUT2D eigenvalue weighted by Gasteiger charge is 2.51. The third kappa shape index (κ3) is 2.57. The van der Waals surface area contributed by atoms with Crippen LogP contribution in [-0.4, -0.2) is 27.6 Å². The Kier molecular flexibility index (Phi) is 3.31.